The Morgan fingerprint density at radius 3 is 2.73 bits per heavy atom. The van der Waals surface area contributed by atoms with E-state index in [2.05, 4.69) is 64.7 Å². The standard InChI is InChI=1S/C13H18IN/c1-11-9-15(8-7-13(11)14)10-12-5-3-2-4-6-12/h2-6,11,13H,7-10H2,1H3/t11-,13-/m0/s1. The van der Waals surface area contributed by atoms with Gasteiger partial charge in [0.05, 0.1) is 0 Å². The molecule has 2 heteroatoms. The molecule has 15 heavy (non-hydrogen) atoms. The first-order valence-corrected chi connectivity index (χ1v) is 6.90. The highest BCUT2D eigenvalue weighted by molar-refractivity contribution is 14.1. The Bertz CT molecular complexity index is 299. The lowest BCUT2D eigenvalue weighted by atomic mass is 10.00. The second-order valence-electron chi connectivity index (χ2n) is 4.50. The van der Waals surface area contributed by atoms with Crippen LogP contribution in [0.2, 0.25) is 0 Å². The van der Waals surface area contributed by atoms with Gasteiger partial charge in [0, 0.05) is 17.0 Å². The van der Waals surface area contributed by atoms with Crippen molar-refractivity contribution in [2.75, 3.05) is 13.1 Å². The topological polar surface area (TPSA) is 3.24 Å². The minimum absolute atomic E-state index is 0.836. The molecule has 82 valence electrons. The molecule has 0 aliphatic carbocycles. The lowest BCUT2D eigenvalue weighted by Crippen LogP contribution is -2.39. The van der Waals surface area contributed by atoms with Crippen LogP contribution in [0.15, 0.2) is 30.3 Å². The molecule has 1 aliphatic rings. The number of piperidine rings is 1. The predicted molar refractivity (Wildman–Crippen MR) is 73.3 cm³/mol. The monoisotopic (exact) mass is 315 g/mol. The van der Waals surface area contributed by atoms with Crippen LogP contribution in [-0.2, 0) is 6.54 Å². The van der Waals surface area contributed by atoms with Crippen LogP contribution in [0.1, 0.15) is 18.9 Å². The number of halogens is 1. The maximum Gasteiger partial charge on any atom is 0.0233 e. The molecule has 1 heterocycles. The summed E-state index contributed by atoms with van der Waals surface area (Å²) in [6, 6.07) is 10.8. The Morgan fingerprint density at radius 2 is 2.07 bits per heavy atom. The van der Waals surface area contributed by atoms with E-state index in [0.29, 0.717) is 0 Å². The first-order chi connectivity index (χ1) is 7.25. The van der Waals surface area contributed by atoms with Gasteiger partial charge in [-0.15, -0.1) is 0 Å². The molecule has 0 amide bonds. The lowest BCUT2D eigenvalue weighted by Gasteiger charge is -2.34. The first-order valence-electron chi connectivity index (χ1n) is 5.66. The Balaban J connectivity index is 1.91. The Kier molecular flexibility index (Phi) is 4.03. The molecule has 1 aromatic rings. The zero-order valence-electron chi connectivity index (χ0n) is 9.20. The van der Waals surface area contributed by atoms with Gasteiger partial charge in [-0.1, -0.05) is 59.8 Å². The third kappa shape index (κ3) is 3.18. The van der Waals surface area contributed by atoms with E-state index in [0.717, 1.165) is 16.4 Å². The fourth-order valence-corrected chi connectivity index (χ4v) is 2.69. The number of nitrogens with zero attached hydrogens (tertiary/aromatic N) is 1. The molecule has 1 fully saturated rings. The predicted octanol–water partition coefficient (Wildman–Crippen LogP) is 3.33. The van der Waals surface area contributed by atoms with Gasteiger partial charge in [-0.3, -0.25) is 4.90 Å². The van der Waals surface area contributed by atoms with Crippen LogP contribution in [0.5, 0.6) is 0 Å². The lowest BCUT2D eigenvalue weighted by molar-refractivity contribution is 0.186. The van der Waals surface area contributed by atoms with Crippen molar-refractivity contribution in [3.63, 3.8) is 0 Å². The molecule has 0 N–H and O–H groups in total. The summed E-state index contributed by atoms with van der Waals surface area (Å²) in [5.74, 6) is 0.836. The summed E-state index contributed by atoms with van der Waals surface area (Å²) in [6.07, 6.45) is 1.34. The maximum atomic E-state index is 2.60. The summed E-state index contributed by atoms with van der Waals surface area (Å²) in [5, 5.41) is 0. The van der Waals surface area contributed by atoms with Crippen LogP contribution >= 0.6 is 22.6 Å². The Morgan fingerprint density at radius 1 is 1.33 bits per heavy atom. The van der Waals surface area contributed by atoms with Crippen molar-refractivity contribution < 1.29 is 0 Å². The second kappa shape index (κ2) is 5.30. The van der Waals surface area contributed by atoms with Gasteiger partial charge >= 0.3 is 0 Å². The highest BCUT2D eigenvalue weighted by Gasteiger charge is 2.23. The summed E-state index contributed by atoms with van der Waals surface area (Å²) in [4.78, 5) is 2.58. The molecular formula is C13H18IN. The zero-order chi connectivity index (χ0) is 10.7. The van der Waals surface area contributed by atoms with Crippen molar-refractivity contribution in [2.24, 2.45) is 5.92 Å². The molecule has 1 nitrogen and oxygen atoms in total. The van der Waals surface area contributed by atoms with E-state index >= 15 is 0 Å². The normalized spacial score (nSPS) is 27.9. The number of benzene rings is 1. The van der Waals surface area contributed by atoms with Crippen molar-refractivity contribution in [1.82, 2.24) is 4.90 Å². The Labute approximate surface area is 106 Å². The molecule has 2 atom stereocenters. The molecule has 2 rings (SSSR count). The van der Waals surface area contributed by atoms with Crippen molar-refractivity contribution in [3.8, 4) is 0 Å². The SMILES string of the molecule is C[C@H]1CN(Cc2ccccc2)CC[C@@H]1I. The van der Waals surface area contributed by atoms with Gasteiger partial charge in [0.2, 0.25) is 0 Å². The zero-order valence-corrected chi connectivity index (χ0v) is 11.4. The molecular weight excluding hydrogens is 297 g/mol. The van der Waals surface area contributed by atoms with E-state index in [1.54, 1.807) is 0 Å². The third-order valence-electron chi connectivity index (χ3n) is 3.13. The van der Waals surface area contributed by atoms with E-state index in [-0.39, 0.29) is 0 Å². The average molecular weight is 315 g/mol. The highest BCUT2D eigenvalue weighted by atomic mass is 127. The van der Waals surface area contributed by atoms with Crippen LogP contribution in [-0.4, -0.2) is 21.9 Å². The van der Waals surface area contributed by atoms with E-state index < -0.39 is 0 Å². The van der Waals surface area contributed by atoms with Crippen LogP contribution in [0.4, 0.5) is 0 Å². The smallest absolute Gasteiger partial charge is 0.0233 e. The van der Waals surface area contributed by atoms with Crippen LogP contribution < -0.4 is 0 Å². The summed E-state index contributed by atoms with van der Waals surface area (Å²) in [7, 11) is 0. The molecule has 0 radical (unpaired) electrons. The molecule has 1 aromatic carbocycles. The molecule has 0 saturated carbocycles. The molecule has 0 spiro atoms. The van der Waals surface area contributed by atoms with Crippen molar-refractivity contribution in [2.45, 2.75) is 23.8 Å². The maximum absolute atomic E-state index is 2.60. The highest BCUT2D eigenvalue weighted by Crippen LogP contribution is 2.24. The van der Waals surface area contributed by atoms with Crippen LogP contribution in [0, 0.1) is 5.92 Å². The average Bonchev–Trinajstić information content (AvgIpc) is 2.25. The number of hydrogen-bond acceptors (Lipinski definition) is 1. The van der Waals surface area contributed by atoms with E-state index in [4.69, 9.17) is 0 Å². The van der Waals surface area contributed by atoms with E-state index in [1.807, 2.05) is 0 Å². The minimum Gasteiger partial charge on any atom is -0.299 e. The van der Waals surface area contributed by atoms with Gasteiger partial charge in [0.15, 0.2) is 0 Å². The summed E-state index contributed by atoms with van der Waals surface area (Å²) in [6.45, 7) is 6.00. The summed E-state index contributed by atoms with van der Waals surface area (Å²) < 4.78 is 0.870. The van der Waals surface area contributed by atoms with Crippen molar-refractivity contribution in [1.29, 1.82) is 0 Å². The molecule has 1 aliphatic heterocycles. The molecule has 1 saturated heterocycles. The molecule has 0 bridgehead atoms. The van der Waals surface area contributed by atoms with Gasteiger partial charge < -0.3 is 0 Å². The van der Waals surface area contributed by atoms with E-state index in [9.17, 15) is 0 Å². The van der Waals surface area contributed by atoms with Gasteiger partial charge in [-0.25, -0.2) is 0 Å². The number of rotatable bonds is 2. The van der Waals surface area contributed by atoms with Crippen molar-refractivity contribution >= 4 is 22.6 Å². The number of likely N-dealkylation sites (tertiary alicyclic amines) is 1. The van der Waals surface area contributed by atoms with Crippen molar-refractivity contribution in [3.05, 3.63) is 35.9 Å². The number of alkyl halides is 1. The minimum atomic E-state index is 0.836. The van der Waals surface area contributed by atoms with Crippen LogP contribution in [0.3, 0.4) is 0 Å². The molecule has 0 aromatic heterocycles. The number of hydrogen-bond donors (Lipinski definition) is 0. The van der Waals surface area contributed by atoms with E-state index in [1.165, 1.54) is 25.1 Å². The first kappa shape index (κ1) is 11.4. The third-order valence-corrected chi connectivity index (χ3v) is 4.98. The second-order valence-corrected chi connectivity index (χ2v) is 6.10. The van der Waals surface area contributed by atoms with Gasteiger partial charge in [0.25, 0.3) is 0 Å². The Hall–Kier alpha value is -0.0900. The summed E-state index contributed by atoms with van der Waals surface area (Å²) >= 11 is 2.60. The fourth-order valence-electron chi connectivity index (χ4n) is 2.19. The van der Waals surface area contributed by atoms with Gasteiger partial charge in [-0.05, 0) is 24.4 Å². The molecule has 0 unspecified atom stereocenters. The van der Waals surface area contributed by atoms with Crippen LogP contribution in [0.25, 0.3) is 0 Å². The largest absolute Gasteiger partial charge is 0.299 e. The van der Waals surface area contributed by atoms with Gasteiger partial charge in [0.1, 0.15) is 0 Å². The fraction of sp³-hybridized carbons (Fsp3) is 0.538. The summed E-state index contributed by atoms with van der Waals surface area (Å²) in [5.41, 5.74) is 1.44. The van der Waals surface area contributed by atoms with Gasteiger partial charge in [-0.2, -0.15) is 0 Å². The quantitative estimate of drug-likeness (QED) is 0.598.